The second kappa shape index (κ2) is 4.81. The van der Waals surface area contributed by atoms with Crippen LogP contribution in [0.25, 0.3) is 0 Å². The highest BCUT2D eigenvalue weighted by Gasteiger charge is 2.16. The first-order valence-corrected chi connectivity index (χ1v) is 5.42. The molecule has 0 atom stereocenters. The Kier molecular flexibility index (Phi) is 3.22. The lowest BCUT2D eigenvalue weighted by Gasteiger charge is -2.21. The largest absolute Gasteiger partial charge is 0.321 e. The Morgan fingerprint density at radius 2 is 2.12 bits per heavy atom. The maximum atomic E-state index is 11.9. The zero-order valence-corrected chi connectivity index (χ0v) is 9.58. The number of nitrogens with zero attached hydrogens (tertiary/aromatic N) is 1. The van der Waals surface area contributed by atoms with E-state index in [9.17, 15) is 4.79 Å². The topological polar surface area (TPSA) is 64.9 Å². The van der Waals surface area contributed by atoms with Gasteiger partial charge in [0, 0.05) is 18.7 Å². The number of carbonyl (C=O) groups is 1. The Bertz CT molecular complexity index is 520. The van der Waals surface area contributed by atoms with Crippen LogP contribution in [0, 0.1) is 11.3 Å². The minimum atomic E-state index is -0.135. The van der Waals surface area contributed by atoms with Crippen molar-refractivity contribution in [2.45, 2.75) is 6.92 Å². The van der Waals surface area contributed by atoms with Crippen molar-refractivity contribution in [3.05, 3.63) is 41.0 Å². The van der Waals surface area contributed by atoms with E-state index in [0.717, 1.165) is 24.2 Å². The summed E-state index contributed by atoms with van der Waals surface area (Å²) in [5.41, 5.74) is 2.89. The van der Waals surface area contributed by atoms with Gasteiger partial charge in [-0.2, -0.15) is 5.26 Å². The van der Waals surface area contributed by atoms with Crippen LogP contribution in [0.5, 0.6) is 0 Å². The van der Waals surface area contributed by atoms with Gasteiger partial charge < -0.3 is 10.6 Å². The van der Waals surface area contributed by atoms with Crippen molar-refractivity contribution in [2.75, 3.05) is 18.4 Å². The van der Waals surface area contributed by atoms with Crippen molar-refractivity contribution in [1.82, 2.24) is 5.32 Å². The van der Waals surface area contributed by atoms with Gasteiger partial charge in [0.05, 0.1) is 11.3 Å². The van der Waals surface area contributed by atoms with Crippen LogP contribution in [0.3, 0.4) is 0 Å². The summed E-state index contributed by atoms with van der Waals surface area (Å²) >= 11 is 0. The van der Waals surface area contributed by atoms with E-state index in [4.69, 9.17) is 5.26 Å². The molecule has 2 N–H and O–H groups in total. The lowest BCUT2D eigenvalue weighted by atomic mass is 10.0. The van der Waals surface area contributed by atoms with Gasteiger partial charge in [0.25, 0.3) is 5.91 Å². The lowest BCUT2D eigenvalue weighted by Crippen LogP contribution is -2.36. The molecule has 1 saturated heterocycles. The van der Waals surface area contributed by atoms with Crippen LogP contribution >= 0.6 is 0 Å². The van der Waals surface area contributed by atoms with E-state index in [0.29, 0.717) is 11.3 Å². The Labute approximate surface area is 99.9 Å². The molecule has 0 bridgehead atoms. The first-order valence-electron chi connectivity index (χ1n) is 5.42. The number of nitrogens with one attached hydrogen (secondary N) is 2. The van der Waals surface area contributed by atoms with Gasteiger partial charge in [0.15, 0.2) is 0 Å². The number of anilines is 1. The molecule has 1 aromatic rings. The van der Waals surface area contributed by atoms with Crippen molar-refractivity contribution in [2.24, 2.45) is 0 Å². The third-order valence-corrected chi connectivity index (χ3v) is 2.84. The quantitative estimate of drug-likeness (QED) is 0.751. The number of hydrogen-bond acceptors (Lipinski definition) is 3. The summed E-state index contributed by atoms with van der Waals surface area (Å²) in [4.78, 5) is 11.9. The van der Waals surface area contributed by atoms with Gasteiger partial charge in [0.1, 0.15) is 6.07 Å². The molecule has 4 nitrogen and oxygen atoms in total. The molecular formula is C13H13N3O. The summed E-state index contributed by atoms with van der Waals surface area (Å²) in [7, 11) is 0. The fourth-order valence-electron chi connectivity index (χ4n) is 1.58. The zero-order chi connectivity index (χ0) is 12.3. The number of nitriles is 1. The van der Waals surface area contributed by atoms with Crippen molar-refractivity contribution >= 4 is 11.6 Å². The first-order chi connectivity index (χ1) is 8.22. The monoisotopic (exact) mass is 227 g/mol. The summed E-state index contributed by atoms with van der Waals surface area (Å²) < 4.78 is 0. The zero-order valence-electron chi connectivity index (χ0n) is 9.58. The maximum absolute atomic E-state index is 11.9. The third kappa shape index (κ3) is 2.35. The SMILES string of the molecule is CC(C(=O)Nc1ccccc1C#N)=C1CNC1. The van der Waals surface area contributed by atoms with Crippen LogP contribution in [0.4, 0.5) is 5.69 Å². The Morgan fingerprint density at radius 3 is 2.71 bits per heavy atom. The van der Waals surface area contributed by atoms with E-state index in [-0.39, 0.29) is 5.91 Å². The van der Waals surface area contributed by atoms with Crippen LogP contribution in [0.2, 0.25) is 0 Å². The Morgan fingerprint density at radius 1 is 1.41 bits per heavy atom. The van der Waals surface area contributed by atoms with Crippen LogP contribution in [0.15, 0.2) is 35.4 Å². The molecule has 4 heteroatoms. The van der Waals surface area contributed by atoms with E-state index < -0.39 is 0 Å². The van der Waals surface area contributed by atoms with Crippen molar-refractivity contribution in [1.29, 1.82) is 5.26 Å². The first kappa shape index (κ1) is 11.4. The van der Waals surface area contributed by atoms with E-state index in [1.807, 2.05) is 0 Å². The number of para-hydroxylation sites is 1. The van der Waals surface area contributed by atoms with Crippen LogP contribution in [-0.4, -0.2) is 19.0 Å². The van der Waals surface area contributed by atoms with E-state index in [1.165, 1.54) is 0 Å². The predicted molar refractivity (Wildman–Crippen MR) is 65.4 cm³/mol. The fourth-order valence-corrected chi connectivity index (χ4v) is 1.58. The molecule has 86 valence electrons. The molecule has 0 unspecified atom stereocenters. The predicted octanol–water partition coefficient (Wildman–Crippen LogP) is 1.42. The summed E-state index contributed by atoms with van der Waals surface area (Å²) in [6.07, 6.45) is 0. The molecule has 1 fully saturated rings. The molecular weight excluding hydrogens is 214 g/mol. The van der Waals surface area contributed by atoms with E-state index >= 15 is 0 Å². The number of amides is 1. The highest BCUT2D eigenvalue weighted by molar-refractivity contribution is 6.04. The van der Waals surface area contributed by atoms with Gasteiger partial charge in [-0.1, -0.05) is 12.1 Å². The highest BCUT2D eigenvalue weighted by atomic mass is 16.1. The molecule has 1 heterocycles. The van der Waals surface area contributed by atoms with Crippen molar-refractivity contribution in [3.8, 4) is 6.07 Å². The molecule has 0 saturated carbocycles. The average molecular weight is 227 g/mol. The maximum Gasteiger partial charge on any atom is 0.251 e. The van der Waals surface area contributed by atoms with Gasteiger partial charge in [-0.25, -0.2) is 0 Å². The number of hydrogen-bond donors (Lipinski definition) is 2. The van der Waals surface area contributed by atoms with Gasteiger partial charge in [0.2, 0.25) is 0 Å². The normalized spacial score (nSPS) is 13.5. The fraction of sp³-hybridized carbons (Fsp3) is 0.231. The summed E-state index contributed by atoms with van der Waals surface area (Å²) in [5, 5.41) is 14.8. The molecule has 1 amide bonds. The molecule has 2 rings (SSSR count). The van der Waals surface area contributed by atoms with Crippen LogP contribution in [0.1, 0.15) is 12.5 Å². The standard InChI is InChI=1S/C13H13N3O/c1-9(11-7-15-8-11)13(17)16-12-5-3-2-4-10(12)6-14/h2-5,15H,7-8H2,1H3,(H,16,17). The van der Waals surface area contributed by atoms with Crippen LogP contribution < -0.4 is 10.6 Å². The molecule has 0 spiro atoms. The minimum absolute atomic E-state index is 0.135. The van der Waals surface area contributed by atoms with Gasteiger partial charge >= 0.3 is 0 Å². The lowest BCUT2D eigenvalue weighted by molar-refractivity contribution is -0.112. The summed E-state index contributed by atoms with van der Waals surface area (Å²) in [6.45, 7) is 3.36. The molecule has 17 heavy (non-hydrogen) atoms. The molecule has 1 aromatic carbocycles. The summed E-state index contributed by atoms with van der Waals surface area (Å²) in [5.74, 6) is -0.135. The smallest absolute Gasteiger partial charge is 0.251 e. The number of benzene rings is 1. The highest BCUT2D eigenvalue weighted by Crippen LogP contribution is 2.16. The minimum Gasteiger partial charge on any atom is -0.321 e. The Balaban J connectivity index is 2.16. The van der Waals surface area contributed by atoms with Crippen molar-refractivity contribution in [3.63, 3.8) is 0 Å². The second-order valence-electron chi connectivity index (χ2n) is 3.94. The van der Waals surface area contributed by atoms with Crippen LogP contribution in [-0.2, 0) is 4.79 Å². The third-order valence-electron chi connectivity index (χ3n) is 2.84. The van der Waals surface area contributed by atoms with Gasteiger partial charge in [-0.3, -0.25) is 4.79 Å². The number of rotatable bonds is 2. The molecule has 1 aliphatic heterocycles. The Hall–Kier alpha value is -2.12. The molecule has 0 aliphatic carbocycles. The van der Waals surface area contributed by atoms with Gasteiger partial charge in [-0.15, -0.1) is 0 Å². The molecule has 0 aromatic heterocycles. The van der Waals surface area contributed by atoms with Gasteiger partial charge in [-0.05, 0) is 24.6 Å². The average Bonchev–Trinajstić information content (AvgIpc) is 2.27. The summed E-state index contributed by atoms with van der Waals surface area (Å²) in [6, 6.07) is 9.04. The molecule has 1 aliphatic rings. The number of carbonyl (C=O) groups excluding carboxylic acids is 1. The van der Waals surface area contributed by atoms with E-state index in [1.54, 1.807) is 31.2 Å². The van der Waals surface area contributed by atoms with E-state index in [2.05, 4.69) is 16.7 Å². The van der Waals surface area contributed by atoms with Crippen molar-refractivity contribution < 1.29 is 4.79 Å². The second-order valence-corrected chi connectivity index (χ2v) is 3.94. The molecule has 0 radical (unpaired) electrons.